The van der Waals surface area contributed by atoms with Crippen LogP contribution in [0.4, 0.5) is 0 Å². The number of benzene rings is 2. The maximum Gasteiger partial charge on any atom is 0.264 e. The van der Waals surface area contributed by atoms with Crippen molar-refractivity contribution in [3.8, 4) is 21.9 Å². The smallest absolute Gasteiger partial charge is 0.264 e. The number of hydrogen-bond acceptors (Lipinski definition) is 6. The van der Waals surface area contributed by atoms with Gasteiger partial charge in [-0.2, -0.15) is 0 Å². The zero-order chi connectivity index (χ0) is 22.6. The minimum Gasteiger partial charge on any atom is -0.493 e. The van der Waals surface area contributed by atoms with Gasteiger partial charge in [-0.15, -0.1) is 11.3 Å². The highest BCUT2D eigenvalue weighted by atomic mass is 32.2. The van der Waals surface area contributed by atoms with Crippen LogP contribution in [-0.2, 0) is 22.0 Å². The maximum atomic E-state index is 13.5. The molecule has 1 atom stereocenters. The van der Waals surface area contributed by atoms with Crippen LogP contribution in [0.2, 0.25) is 0 Å². The zero-order valence-electron chi connectivity index (χ0n) is 18.0. The Bertz CT molecular complexity index is 1340. The normalized spacial score (nSPS) is 18.3. The quantitative estimate of drug-likeness (QED) is 0.566. The molecule has 1 amide bonds. The molecule has 0 unspecified atom stereocenters. The van der Waals surface area contributed by atoms with Gasteiger partial charge >= 0.3 is 0 Å². The van der Waals surface area contributed by atoms with Gasteiger partial charge in [0.2, 0.25) is 0 Å². The predicted octanol–water partition coefficient (Wildman–Crippen LogP) is 4.48. The lowest BCUT2D eigenvalue weighted by molar-refractivity contribution is 0.0682. The average Bonchev–Trinajstić information content (AvgIpc) is 3.21. The van der Waals surface area contributed by atoms with Gasteiger partial charge in [0, 0.05) is 17.0 Å². The second-order valence-electron chi connectivity index (χ2n) is 8.05. The largest absolute Gasteiger partial charge is 0.493 e. The summed E-state index contributed by atoms with van der Waals surface area (Å²) < 4.78 is 36.3. The zero-order valence-corrected chi connectivity index (χ0v) is 19.7. The van der Waals surface area contributed by atoms with Gasteiger partial charge < -0.3 is 14.4 Å². The Morgan fingerprint density at radius 3 is 2.53 bits per heavy atom. The standard InChI is InChI=1S/C24H23NO5S2/c1-14-18-12-20(30-3)19(29-2)10-15(18)8-9-25(14)24(26)21-11-16-13-32(27,28)22-7-5-4-6-17(22)23(16)31-21/h4-7,10-12,14H,8-9,13H2,1-3H3/t14-/m1/s1. The third kappa shape index (κ3) is 3.20. The van der Waals surface area contributed by atoms with Crippen molar-refractivity contribution in [1.82, 2.24) is 4.90 Å². The number of carbonyl (C=O) groups excluding carboxylic acids is 1. The van der Waals surface area contributed by atoms with Crippen LogP contribution in [0, 0.1) is 0 Å². The van der Waals surface area contributed by atoms with E-state index in [1.165, 1.54) is 11.3 Å². The van der Waals surface area contributed by atoms with E-state index in [1.807, 2.05) is 36.1 Å². The van der Waals surface area contributed by atoms with Crippen molar-refractivity contribution < 1.29 is 22.7 Å². The molecule has 5 rings (SSSR count). The molecule has 0 saturated heterocycles. The van der Waals surface area contributed by atoms with Crippen LogP contribution in [0.1, 0.15) is 39.3 Å². The van der Waals surface area contributed by atoms with E-state index in [-0.39, 0.29) is 17.7 Å². The van der Waals surface area contributed by atoms with Gasteiger partial charge in [-0.05, 0) is 54.3 Å². The van der Waals surface area contributed by atoms with Crippen LogP contribution in [0.3, 0.4) is 0 Å². The summed E-state index contributed by atoms with van der Waals surface area (Å²) in [5.41, 5.74) is 3.57. The molecule has 8 heteroatoms. The Balaban J connectivity index is 1.50. The molecular formula is C24H23NO5S2. The van der Waals surface area contributed by atoms with Crippen LogP contribution in [0.15, 0.2) is 47.4 Å². The van der Waals surface area contributed by atoms with Gasteiger partial charge in [0.25, 0.3) is 5.91 Å². The van der Waals surface area contributed by atoms with Crippen LogP contribution in [0.25, 0.3) is 10.4 Å². The summed E-state index contributed by atoms with van der Waals surface area (Å²) in [6, 6.07) is 12.6. The molecule has 0 spiro atoms. The lowest BCUT2D eigenvalue weighted by Crippen LogP contribution is -2.38. The second kappa shape index (κ2) is 7.64. The van der Waals surface area contributed by atoms with Crippen LogP contribution >= 0.6 is 11.3 Å². The van der Waals surface area contributed by atoms with Gasteiger partial charge in [0.15, 0.2) is 21.3 Å². The molecule has 0 N–H and O–H groups in total. The number of nitrogens with zero attached hydrogens (tertiary/aromatic N) is 1. The van der Waals surface area contributed by atoms with E-state index in [1.54, 1.807) is 32.4 Å². The monoisotopic (exact) mass is 469 g/mol. The summed E-state index contributed by atoms with van der Waals surface area (Å²) in [7, 11) is -0.188. The molecule has 32 heavy (non-hydrogen) atoms. The molecule has 2 aliphatic heterocycles. The molecule has 6 nitrogen and oxygen atoms in total. The number of carbonyl (C=O) groups is 1. The Labute approximate surface area is 191 Å². The van der Waals surface area contributed by atoms with E-state index in [0.717, 1.165) is 16.0 Å². The fourth-order valence-electron chi connectivity index (χ4n) is 4.64. The highest BCUT2D eigenvalue weighted by Crippen LogP contribution is 2.44. The second-order valence-corrected chi connectivity index (χ2v) is 11.1. The topological polar surface area (TPSA) is 72.9 Å². The number of methoxy groups -OCH3 is 2. The first-order valence-corrected chi connectivity index (χ1v) is 12.8. The molecule has 0 radical (unpaired) electrons. The number of thiophene rings is 1. The Kier molecular flexibility index (Phi) is 5.02. The third-order valence-corrected chi connectivity index (χ3v) is 9.19. The summed E-state index contributed by atoms with van der Waals surface area (Å²) in [6.07, 6.45) is 0.716. The van der Waals surface area contributed by atoms with Crippen molar-refractivity contribution in [2.45, 2.75) is 30.0 Å². The Hall–Kier alpha value is -2.84. The maximum absolute atomic E-state index is 13.5. The van der Waals surface area contributed by atoms with E-state index >= 15 is 0 Å². The fourth-order valence-corrected chi connectivity index (χ4v) is 7.56. The summed E-state index contributed by atoms with van der Waals surface area (Å²) in [4.78, 5) is 17.2. The van der Waals surface area contributed by atoms with Gasteiger partial charge in [-0.1, -0.05) is 18.2 Å². The number of sulfone groups is 1. The molecule has 3 aromatic rings. The molecule has 0 aliphatic carbocycles. The highest BCUT2D eigenvalue weighted by Gasteiger charge is 2.34. The number of amides is 1. The Morgan fingerprint density at radius 1 is 1.06 bits per heavy atom. The lowest BCUT2D eigenvalue weighted by atomic mass is 9.92. The van der Waals surface area contributed by atoms with Crippen molar-refractivity contribution in [1.29, 1.82) is 0 Å². The molecule has 1 aromatic heterocycles. The lowest BCUT2D eigenvalue weighted by Gasteiger charge is -2.35. The SMILES string of the molecule is COc1cc2c(cc1OC)[C@@H](C)N(C(=O)c1cc3c(s1)-c1ccccc1S(=O)(=O)C3)CC2. The minimum absolute atomic E-state index is 0.0709. The van der Waals surface area contributed by atoms with Crippen molar-refractivity contribution in [3.05, 3.63) is 64.0 Å². The first-order chi connectivity index (χ1) is 15.3. The highest BCUT2D eigenvalue weighted by molar-refractivity contribution is 7.91. The summed E-state index contributed by atoms with van der Waals surface area (Å²) in [6.45, 7) is 2.59. The van der Waals surface area contributed by atoms with Gasteiger partial charge in [0.05, 0.1) is 35.8 Å². The summed E-state index contributed by atoms with van der Waals surface area (Å²) >= 11 is 1.38. The van der Waals surface area contributed by atoms with Crippen molar-refractivity contribution >= 4 is 27.1 Å². The molecular weight excluding hydrogens is 446 g/mol. The Morgan fingerprint density at radius 2 is 1.78 bits per heavy atom. The number of hydrogen-bond donors (Lipinski definition) is 0. The van der Waals surface area contributed by atoms with E-state index in [4.69, 9.17) is 9.47 Å². The van der Waals surface area contributed by atoms with Crippen LogP contribution in [-0.4, -0.2) is 40.0 Å². The van der Waals surface area contributed by atoms with E-state index < -0.39 is 9.84 Å². The minimum atomic E-state index is -3.40. The van der Waals surface area contributed by atoms with E-state index in [0.29, 0.717) is 45.4 Å². The summed E-state index contributed by atoms with van der Waals surface area (Å²) in [5.74, 6) is 1.18. The fraction of sp³-hybridized carbons (Fsp3) is 0.292. The molecule has 166 valence electrons. The van der Waals surface area contributed by atoms with Crippen LogP contribution in [0.5, 0.6) is 11.5 Å². The van der Waals surface area contributed by atoms with Crippen molar-refractivity contribution in [3.63, 3.8) is 0 Å². The molecule has 0 fully saturated rings. The van der Waals surface area contributed by atoms with E-state index in [2.05, 4.69) is 0 Å². The predicted molar refractivity (Wildman–Crippen MR) is 123 cm³/mol. The van der Waals surface area contributed by atoms with Gasteiger partial charge in [-0.25, -0.2) is 8.42 Å². The average molecular weight is 470 g/mol. The van der Waals surface area contributed by atoms with Crippen molar-refractivity contribution in [2.75, 3.05) is 20.8 Å². The van der Waals surface area contributed by atoms with Crippen LogP contribution < -0.4 is 9.47 Å². The van der Waals surface area contributed by atoms with E-state index in [9.17, 15) is 13.2 Å². The molecule has 0 bridgehead atoms. The number of rotatable bonds is 3. The first-order valence-electron chi connectivity index (χ1n) is 10.3. The van der Waals surface area contributed by atoms with Crippen molar-refractivity contribution in [2.24, 2.45) is 0 Å². The molecule has 2 aliphatic rings. The molecule has 3 heterocycles. The van der Waals surface area contributed by atoms with Gasteiger partial charge in [0.1, 0.15) is 0 Å². The number of fused-ring (bicyclic) bond motifs is 4. The summed E-state index contributed by atoms with van der Waals surface area (Å²) in [5, 5.41) is 0. The van der Waals surface area contributed by atoms with Gasteiger partial charge in [-0.3, -0.25) is 4.79 Å². The third-order valence-electron chi connectivity index (χ3n) is 6.28. The first kappa shape index (κ1) is 21.0. The molecule has 2 aromatic carbocycles. The molecule has 0 saturated carbocycles. The number of ether oxygens (including phenoxy) is 2.